The van der Waals surface area contributed by atoms with Crippen LogP contribution in [0.3, 0.4) is 0 Å². The summed E-state index contributed by atoms with van der Waals surface area (Å²) >= 11 is 0.118. The number of rotatable bonds is 5. The summed E-state index contributed by atoms with van der Waals surface area (Å²) in [7, 11) is -3.55. The van der Waals surface area contributed by atoms with Crippen LogP contribution < -0.4 is 19.2 Å². The van der Waals surface area contributed by atoms with Gasteiger partial charge in [0.25, 0.3) is 0 Å². The molecule has 0 saturated carbocycles. The molecule has 0 fully saturated rings. The summed E-state index contributed by atoms with van der Waals surface area (Å²) in [6.45, 7) is 0. The van der Waals surface area contributed by atoms with Crippen LogP contribution in [-0.4, -0.2) is 34.7 Å². The molecular weight excluding hydrogens is 458 g/mol. The van der Waals surface area contributed by atoms with E-state index in [0.717, 1.165) is 5.69 Å². The van der Waals surface area contributed by atoms with E-state index in [1.54, 1.807) is 36.4 Å². The van der Waals surface area contributed by atoms with Crippen molar-refractivity contribution in [2.24, 2.45) is 0 Å². The van der Waals surface area contributed by atoms with Crippen LogP contribution in [-0.2, 0) is 10.0 Å². The molecule has 0 spiro atoms. The van der Waals surface area contributed by atoms with Gasteiger partial charge in [0.2, 0.25) is 0 Å². The zero-order valence-electron chi connectivity index (χ0n) is 13.2. The molecule has 0 aliphatic heterocycles. The first-order chi connectivity index (χ1) is 12.0. The second kappa shape index (κ2) is 8.14. The van der Waals surface area contributed by atoms with Crippen molar-refractivity contribution >= 4 is 56.4 Å². The van der Waals surface area contributed by atoms with Crippen LogP contribution >= 0.6 is 0 Å². The first-order valence-corrected chi connectivity index (χ1v) is 16.0. The molecule has 0 amide bonds. The van der Waals surface area contributed by atoms with Crippen LogP contribution in [0.2, 0.25) is 0 Å². The number of nitrogens with one attached hydrogen (secondary N) is 1. The van der Waals surface area contributed by atoms with Crippen LogP contribution in [0.25, 0.3) is 0 Å². The Morgan fingerprint density at radius 3 is 1.80 bits per heavy atom. The number of benzene rings is 3. The number of nitrogen functional groups attached to an aromatic ring is 1. The number of anilines is 2. The number of sulfonamides is 1. The van der Waals surface area contributed by atoms with Crippen LogP contribution in [0.1, 0.15) is 0 Å². The Morgan fingerprint density at radius 2 is 1.24 bits per heavy atom. The van der Waals surface area contributed by atoms with E-state index in [2.05, 4.69) is 16.9 Å². The van der Waals surface area contributed by atoms with Crippen molar-refractivity contribution in [3.05, 3.63) is 78.9 Å². The van der Waals surface area contributed by atoms with Crippen molar-refractivity contribution in [1.82, 2.24) is 0 Å². The Bertz CT molecular complexity index is 972. The van der Waals surface area contributed by atoms with E-state index in [1.165, 1.54) is 8.70 Å². The molecule has 0 radical (unpaired) electrons. The Labute approximate surface area is 158 Å². The number of nitrogens with two attached hydrogens (primary N) is 1. The summed E-state index contributed by atoms with van der Waals surface area (Å²) in [5.74, 6) is 0. The average Bonchev–Trinajstić information content (AvgIpc) is 2.62. The fourth-order valence-corrected chi connectivity index (χ4v) is 10.2. The minimum atomic E-state index is -3.55. The van der Waals surface area contributed by atoms with Gasteiger partial charge in [-0.3, -0.25) is 0 Å². The van der Waals surface area contributed by atoms with Gasteiger partial charge in [0.1, 0.15) is 0 Å². The maximum atomic E-state index is 12.4. The molecule has 3 aromatic rings. The van der Waals surface area contributed by atoms with Gasteiger partial charge in [0.15, 0.2) is 0 Å². The standard InChI is InChI=1S/C18H16As2N2O2S/c21-16-10-6-14(7-11-16)19-20-15-8-12-18(13-9-15)25(23,24)22-17-4-2-1-3-5-17/h1-13,22H,21H2. The Morgan fingerprint density at radius 1 is 0.720 bits per heavy atom. The number of para-hydroxylation sites is 1. The topological polar surface area (TPSA) is 72.2 Å². The Hall–Kier alpha value is -1.67. The van der Waals surface area contributed by atoms with E-state index in [4.69, 9.17) is 5.73 Å². The van der Waals surface area contributed by atoms with Crippen LogP contribution in [0.5, 0.6) is 0 Å². The quantitative estimate of drug-likeness (QED) is 0.434. The molecule has 4 nitrogen and oxygen atoms in total. The van der Waals surface area contributed by atoms with Gasteiger partial charge in [-0.2, -0.15) is 0 Å². The Kier molecular flexibility index (Phi) is 5.90. The zero-order chi connectivity index (χ0) is 17.7. The first-order valence-electron chi connectivity index (χ1n) is 7.48. The molecular formula is C18H16As2N2O2S. The van der Waals surface area contributed by atoms with E-state index in [0.29, 0.717) is 5.69 Å². The third kappa shape index (κ3) is 5.15. The molecule has 0 aliphatic rings. The monoisotopic (exact) mass is 474 g/mol. The average molecular weight is 474 g/mol. The molecule has 25 heavy (non-hydrogen) atoms. The van der Waals surface area contributed by atoms with Gasteiger partial charge in [-0.05, 0) is 0 Å². The second-order valence-electron chi connectivity index (χ2n) is 5.26. The van der Waals surface area contributed by atoms with Gasteiger partial charge in [-0.1, -0.05) is 0 Å². The minimum absolute atomic E-state index is 0.0339. The normalized spacial score (nSPS) is 11.5. The molecule has 0 atom stereocenters. The number of hydrogen-bond acceptors (Lipinski definition) is 3. The third-order valence-electron chi connectivity index (χ3n) is 3.35. The molecule has 3 N–H and O–H groups in total. The predicted octanol–water partition coefficient (Wildman–Crippen LogP) is 1.34. The molecule has 0 bridgehead atoms. The van der Waals surface area contributed by atoms with Crippen molar-refractivity contribution in [1.29, 1.82) is 0 Å². The molecule has 0 aliphatic carbocycles. The van der Waals surface area contributed by atoms with E-state index < -0.39 is 10.0 Å². The summed E-state index contributed by atoms with van der Waals surface area (Å²) in [6, 6.07) is 24.1. The van der Waals surface area contributed by atoms with Crippen LogP contribution in [0, 0.1) is 0 Å². The molecule has 7 heteroatoms. The maximum absolute atomic E-state index is 12.4. The van der Waals surface area contributed by atoms with Gasteiger partial charge >= 0.3 is 159 Å². The third-order valence-corrected chi connectivity index (χ3v) is 13.3. The van der Waals surface area contributed by atoms with Crippen molar-refractivity contribution in [2.45, 2.75) is 4.90 Å². The van der Waals surface area contributed by atoms with Crippen LogP contribution in [0.4, 0.5) is 11.4 Å². The summed E-state index contributed by atoms with van der Waals surface area (Å²) in [4.78, 5) is 0.282. The Balaban J connectivity index is 1.74. The molecule has 126 valence electrons. The predicted molar refractivity (Wildman–Crippen MR) is 105 cm³/mol. The summed E-state index contributed by atoms with van der Waals surface area (Å²) in [5, 5.41) is 0. The SMILES string of the molecule is Nc1ccc([As]=[As]c2ccc(S(=O)(=O)Nc3ccccc3)cc2)cc1. The zero-order valence-corrected chi connectivity index (χ0v) is 17.8. The molecule has 0 heterocycles. The van der Waals surface area contributed by atoms with Gasteiger partial charge in [-0.25, -0.2) is 0 Å². The van der Waals surface area contributed by atoms with E-state index in [9.17, 15) is 8.42 Å². The molecule has 0 aromatic heterocycles. The second-order valence-corrected chi connectivity index (χ2v) is 14.3. The van der Waals surface area contributed by atoms with E-state index in [-0.39, 0.29) is 31.2 Å². The summed E-state index contributed by atoms with van der Waals surface area (Å²) in [6.07, 6.45) is 0. The van der Waals surface area contributed by atoms with Crippen molar-refractivity contribution in [3.8, 4) is 0 Å². The molecule has 3 aromatic carbocycles. The van der Waals surface area contributed by atoms with E-state index >= 15 is 0 Å². The van der Waals surface area contributed by atoms with Crippen molar-refractivity contribution in [3.63, 3.8) is 0 Å². The van der Waals surface area contributed by atoms with Gasteiger partial charge in [0.05, 0.1) is 0 Å². The first kappa shape index (κ1) is 18.1. The molecule has 0 saturated heterocycles. The fourth-order valence-electron chi connectivity index (χ4n) is 2.07. The molecule has 3 rings (SSSR count). The van der Waals surface area contributed by atoms with Crippen molar-refractivity contribution in [2.75, 3.05) is 10.5 Å². The fraction of sp³-hybridized carbons (Fsp3) is 0. The number of hydrogen-bond donors (Lipinski definition) is 2. The van der Waals surface area contributed by atoms with Crippen molar-refractivity contribution < 1.29 is 8.42 Å². The van der Waals surface area contributed by atoms with Gasteiger partial charge in [-0.15, -0.1) is 0 Å². The van der Waals surface area contributed by atoms with E-state index in [1.807, 2.05) is 30.3 Å². The van der Waals surface area contributed by atoms with Gasteiger partial charge < -0.3 is 0 Å². The summed E-state index contributed by atoms with van der Waals surface area (Å²) < 4.78 is 30.0. The molecule has 0 unspecified atom stereocenters. The summed E-state index contributed by atoms with van der Waals surface area (Å²) in [5.41, 5.74) is 7.04. The van der Waals surface area contributed by atoms with Crippen LogP contribution in [0.15, 0.2) is 83.8 Å². The van der Waals surface area contributed by atoms with Gasteiger partial charge in [0, 0.05) is 0 Å².